The van der Waals surface area contributed by atoms with Crippen LogP contribution in [0.5, 0.6) is 0 Å². The maximum absolute atomic E-state index is 12.5. The van der Waals surface area contributed by atoms with Crippen LogP contribution in [0.3, 0.4) is 0 Å². The lowest BCUT2D eigenvalue weighted by Crippen LogP contribution is -2.38. The number of ether oxygens (including phenoxy) is 1. The van der Waals surface area contributed by atoms with Gasteiger partial charge >= 0.3 is 0 Å². The molecule has 2 heterocycles. The Morgan fingerprint density at radius 2 is 2.29 bits per heavy atom. The second-order valence-corrected chi connectivity index (χ2v) is 5.52. The number of methoxy groups -OCH3 is 1. The molecule has 0 spiro atoms. The molecule has 24 heavy (non-hydrogen) atoms. The van der Waals surface area contributed by atoms with Crippen LogP contribution in [-0.2, 0) is 4.74 Å². The highest BCUT2D eigenvalue weighted by atomic mass is 16.5. The number of carbonyl (C=O) groups is 1. The fraction of sp³-hybridized carbons (Fsp3) is 0.312. The van der Waals surface area contributed by atoms with Gasteiger partial charge in [0.05, 0.1) is 24.3 Å². The van der Waals surface area contributed by atoms with Crippen molar-refractivity contribution in [1.29, 1.82) is 0 Å². The number of nitrogens with zero attached hydrogens (tertiary/aromatic N) is 3. The Labute approximate surface area is 140 Å². The van der Waals surface area contributed by atoms with Crippen LogP contribution in [-0.4, -0.2) is 56.6 Å². The van der Waals surface area contributed by atoms with Crippen LogP contribution in [0.25, 0.3) is 5.70 Å². The molecule has 0 bridgehead atoms. The van der Waals surface area contributed by atoms with Gasteiger partial charge in [-0.15, -0.1) is 0 Å². The number of nitrogens with two attached hydrogens (primary N) is 1. The molecular weight excluding hydrogens is 308 g/mol. The van der Waals surface area contributed by atoms with E-state index in [9.17, 15) is 4.79 Å². The van der Waals surface area contributed by atoms with Crippen LogP contribution in [0.1, 0.15) is 15.9 Å². The molecule has 2 aliphatic heterocycles. The minimum Gasteiger partial charge on any atom is -0.383 e. The maximum Gasteiger partial charge on any atom is 0.253 e. The number of aliphatic imine (C=N–C) groups is 2. The third kappa shape index (κ3) is 3.09. The number of carbonyl (C=O) groups excluding carboxylic acids is 1. The molecule has 0 saturated heterocycles. The highest BCUT2D eigenvalue weighted by molar-refractivity contribution is 5.97. The first kappa shape index (κ1) is 16.0. The zero-order chi connectivity index (χ0) is 17.1. The summed E-state index contributed by atoms with van der Waals surface area (Å²) in [5, 5.41) is 6.13. The molecule has 2 aliphatic rings. The number of rotatable bonds is 5. The lowest BCUT2D eigenvalue weighted by Gasteiger charge is -2.22. The van der Waals surface area contributed by atoms with Gasteiger partial charge in [0.25, 0.3) is 5.91 Å². The van der Waals surface area contributed by atoms with Gasteiger partial charge in [-0.25, -0.2) is 9.98 Å². The summed E-state index contributed by atoms with van der Waals surface area (Å²) in [4.78, 5) is 22.6. The number of fused-ring (bicyclic) bond motifs is 1. The van der Waals surface area contributed by atoms with Crippen molar-refractivity contribution in [2.45, 2.75) is 6.17 Å². The lowest BCUT2D eigenvalue weighted by atomic mass is 10.0. The van der Waals surface area contributed by atoms with E-state index in [1.165, 1.54) is 0 Å². The second kappa shape index (κ2) is 6.71. The molecule has 0 aromatic heterocycles. The van der Waals surface area contributed by atoms with E-state index in [1.807, 2.05) is 18.2 Å². The van der Waals surface area contributed by atoms with Crippen molar-refractivity contribution in [2.75, 3.05) is 27.3 Å². The minimum absolute atomic E-state index is 0.0656. The molecule has 0 saturated carbocycles. The van der Waals surface area contributed by atoms with E-state index < -0.39 is 0 Å². The molecule has 0 aliphatic carbocycles. The van der Waals surface area contributed by atoms with Gasteiger partial charge in [-0.05, 0) is 12.1 Å². The molecule has 0 fully saturated rings. The van der Waals surface area contributed by atoms with Crippen molar-refractivity contribution in [2.24, 2.45) is 15.7 Å². The van der Waals surface area contributed by atoms with Gasteiger partial charge in [-0.1, -0.05) is 12.1 Å². The Morgan fingerprint density at radius 1 is 1.46 bits per heavy atom. The Morgan fingerprint density at radius 3 is 3.08 bits per heavy atom. The number of benzene rings is 1. The average Bonchev–Trinajstić information content (AvgIpc) is 3.06. The van der Waals surface area contributed by atoms with E-state index in [-0.39, 0.29) is 12.1 Å². The highest BCUT2D eigenvalue weighted by Gasteiger charge is 2.26. The van der Waals surface area contributed by atoms with Gasteiger partial charge in [-0.3, -0.25) is 4.79 Å². The molecule has 4 N–H and O–H groups in total. The van der Waals surface area contributed by atoms with Crippen molar-refractivity contribution in [3.63, 3.8) is 0 Å². The quantitative estimate of drug-likeness (QED) is 0.703. The van der Waals surface area contributed by atoms with E-state index in [2.05, 4.69) is 20.6 Å². The molecule has 1 unspecified atom stereocenters. The number of likely N-dealkylation sites (N-methyl/N-ethyl adjacent to an activating group) is 1. The van der Waals surface area contributed by atoms with E-state index in [4.69, 9.17) is 10.5 Å². The fourth-order valence-electron chi connectivity index (χ4n) is 2.57. The van der Waals surface area contributed by atoms with Crippen molar-refractivity contribution >= 4 is 23.9 Å². The largest absolute Gasteiger partial charge is 0.383 e. The summed E-state index contributed by atoms with van der Waals surface area (Å²) in [6, 6.07) is 7.37. The van der Waals surface area contributed by atoms with Gasteiger partial charge in [-0.2, -0.15) is 0 Å². The van der Waals surface area contributed by atoms with Crippen LogP contribution in [0.2, 0.25) is 0 Å². The summed E-state index contributed by atoms with van der Waals surface area (Å²) < 4.78 is 5.02. The summed E-state index contributed by atoms with van der Waals surface area (Å²) >= 11 is 0. The molecule has 126 valence electrons. The average molecular weight is 328 g/mol. The molecule has 3 rings (SSSR count). The maximum atomic E-state index is 12.5. The molecule has 1 amide bonds. The standard InChI is InChI=1S/C16H20N6O2/c1-22(6-7-24-2)15(23)11-5-3-4-10(8-11)12-13-14(19-9-18-13)21-16(17)20-12/h3-5,8-9,14H,6-7H2,1-2H3,(H,18,19)(H3,17,20,21). The molecule has 8 heteroatoms. The highest BCUT2D eigenvalue weighted by Crippen LogP contribution is 2.24. The van der Waals surface area contributed by atoms with E-state index in [0.717, 1.165) is 17.0 Å². The van der Waals surface area contributed by atoms with Crippen LogP contribution in [0, 0.1) is 0 Å². The second-order valence-electron chi connectivity index (χ2n) is 5.52. The summed E-state index contributed by atoms with van der Waals surface area (Å²) in [5.74, 6) is 0.234. The molecule has 1 aromatic carbocycles. The van der Waals surface area contributed by atoms with Crippen molar-refractivity contribution in [3.05, 3.63) is 41.1 Å². The predicted octanol–water partition coefficient (Wildman–Crippen LogP) is -0.0509. The van der Waals surface area contributed by atoms with E-state index in [1.54, 1.807) is 31.5 Å². The SMILES string of the molecule is COCCN(C)C(=O)c1cccc(C2=C3NC=NC3N=C(N)N2)c1. The Kier molecular flexibility index (Phi) is 4.48. The number of nitrogens with one attached hydrogen (secondary N) is 2. The summed E-state index contributed by atoms with van der Waals surface area (Å²) in [5.41, 5.74) is 8.87. The summed E-state index contributed by atoms with van der Waals surface area (Å²) in [7, 11) is 3.36. The zero-order valence-corrected chi connectivity index (χ0v) is 13.6. The van der Waals surface area contributed by atoms with Gasteiger partial charge in [0, 0.05) is 31.8 Å². The number of guanidine groups is 1. The Hall–Kier alpha value is -2.87. The summed E-state index contributed by atoms with van der Waals surface area (Å²) in [6.45, 7) is 1.03. The van der Waals surface area contributed by atoms with Crippen LogP contribution >= 0.6 is 0 Å². The molecular formula is C16H20N6O2. The topological polar surface area (TPSA) is 104 Å². The fourth-order valence-corrected chi connectivity index (χ4v) is 2.57. The van der Waals surface area contributed by atoms with Crippen LogP contribution in [0.15, 0.2) is 39.9 Å². The van der Waals surface area contributed by atoms with Crippen molar-refractivity contribution in [3.8, 4) is 0 Å². The zero-order valence-electron chi connectivity index (χ0n) is 13.6. The number of hydrogen-bond donors (Lipinski definition) is 3. The van der Waals surface area contributed by atoms with Crippen molar-refractivity contribution < 1.29 is 9.53 Å². The molecule has 0 radical (unpaired) electrons. The normalized spacial score (nSPS) is 18.6. The third-order valence-corrected chi connectivity index (χ3v) is 3.85. The molecule has 1 aromatic rings. The summed E-state index contributed by atoms with van der Waals surface area (Å²) in [6.07, 6.45) is 1.24. The van der Waals surface area contributed by atoms with Gasteiger partial charge in [0.2, 0.25) is 0 Å². The van der Waals surface area contributed by atoms with Gasteiger partial charge < -0.3 is 26.0 Å². The number of amides is 1. The minimum atomic E-state index is -0.356. The first-order chi connectivity index (χ1) is 11.6. The van der Waals surface area contributed by atoms with Gasteiger partial charge in [0.1, 0.15) is 0 Å². The van der Waals surface area contributed by atoms with E-state index in [0.29, 0.717) is 24.7 Å². The molecule has 8 nitrogen and oxygen atoms in total. The van der Waals surface area contributed by atoms with Crippen LogP contribution in [0.4, 0.5) is 0 Å². The Balaban J connectivity index is 1.87. The van der Waals surface area contributed by atoms with Crippen molar-refractivity contribution in [1.82, 2.24) is 15.5 Å². The monoisotopic (exact) mass is 328 g/mol. The lowest BCUT2D eigenvalue weighted by molar-refractivity contribution is 0.0744. The molecule has 1 atom stereocenters. The third-order valence-electron chi connectivity index (χ3n) is 3.85. The Bertz CT molecular complexity index is 740. The first-order valence-electron chi connectivity index (χ1n) is 7.57. The smallest absolute Gasteiger partial charge is 0.253 e. The first-order valence-corrected chi connectivity index (χ1v) is 7.57. The van der Waals surface area contributed by atoms with Gasteiger partial charge in [0.15, 0.2) is 12.1 Å². The predicted molar refractivity (Wildman–Crippen MR) is 92.4 cm³/mol. The van der Waals surface area contributed by atoms with Crippen LogP contribution < -0.4 is 16.4 Å². The number of hydrogen-bond acceptors (Lipinski definition) is 7. The van der Waals surface area contributed by atoms with E-state index >= 15 is 0 Å².